The second-order valence-corrected chi connectivity index (χ2v) is 5.13. The quantitative estimate of drug-likeness (QED) is 0.795. The topological polar surface area (TPSA) is 67.8 Å². The Bertz CT molecular complexity index is 457. The van der Waals surface area contributed by atoms with Gasteiger partial charge >= 0.3 is 0 Å². The van der Waals surface area contributed by atoms with Crippen LogP contribution in [0.15, 0.2) is 18.2 Å². The maximum Gasteiger partial charge on any atom is 0.255 e. The van der Waals surface area contributed by atoms with E-state index in [2.05, 4.69) is 5.32 Å². The highest BCUT2D eigenvalue weighted by atomic mass is 16.5. The average molecular weight is 281 g/mol. The second-order valence-electron chi connectivity index (χ2n) is 5.13. The van der Waals surface area contributed by atoms with Gasteiger partial charge in [-0.15, -0.1) is 0 Å². The maximum absolute atomic E-state index is 12.2. The van der Waals surface area contributed by atoms with Crippen LogP contribution in [0.2, 0.25) is 0 Å². The summed E-state index contributed by atoms with van der Waals surface area (Å²) in [5.41, 5.74) is 0.444. The third kappa shape index (κ3) is 4.83. The second kappa shape index (κ2) is 7.26. The van der Waals surface area contributed by atoms with Crippen LogP contribution in [0, 0.1) is 6.92 Å². The average Bonchev–Trinajstić information content (AvgIpc) is 2.42. The first-order valence-corrected chi connectivity index (χ1v) is 6.54. The number of amides is 1. The van der Waals surface area contributed by atoms with Crippen molar-refractivity contribution in [3.05, 3.63) is 29.3 Å². The molecule has 1 unspecified atom stereocenters. The smallest absolute Gasteiger partial charge is 0.255 e. The number of aryl methyl sites for hydroxylation is 1. The number of rotatable bonds is 7. The van der Waals surface area contributed by atoms with E-state index in [9.17, 15) is 9.90 Å². The number of hydrogen-bond acceptors (Lipinski definition) is 4. The minimum Gasteiger partial charge on any atom is -0.496 e. The fraction of sp³-hybridized carbons (Fsp3) is 0.533. The lowest BCUT2D eigenvalue weighted by Gasteiger charge is -2.23. The number of carbonyl (C=O) groups is 1. The number of hydrogen-bond donors (Lipinski definition) is 2. The Morgan fingerprint density at radius 2 is 2.10 bits per heavy atom. The molecule has 0 heterocycles. The van der Waals surface area contributed by atoms with Crippen LogP contribution in [-0.2, 0) is 4.74 Å². The number of aliphatic hydroxyl groups is 1. The van der Waals surface area contributed by atoms with E-state index in [-0.39, 0.29) is 12.5 Å². The van der Waals surface area contributed by atoms with Crippen molar-refractivity contribution in [3.63, 3.8) is 0 Å². The lowest BCUT2D eigenvalue weighted by molar-refractivity contribution is 0.0243. The predicted molar refractivity (Wildman–Crippen MR) is 77.2 cm³/mol. The number of carbonyl (C=O) groups excluding carboxylic acids is 1. The summed E-state index contributed by atoms with van der Waals surface area (Å²) >= 11 is 0. The molecule has 112 valence electrons. The van der Waals surface area contributed by atoms with Gasteiger partial charge in [0.05, 0.1) is 18.3 Å². The standard InChI is InChI=1S/C15H23NO4/c1-11-5-6-13(20-4)12(9-11)14(17)16-10-15(2,18)7-8-19-3/h5-6,9,18H,7-8,10H2,1-4H3,(H,16,17). The van der Waals surface area contributed by atoms with E-state index in [4.69, 9.17) is 9.47 Å². The van der Waals surface area contributed by atoms with Crippen molar-refractivity contribution in [1.29, 1.82) is 0 Å². The van der Waals surface area contributed by atoms with Crippen molar-refractivity contribution in [3.8, 4) is 5.75 Å². The molecule has 0 saturated heterocycles. The van der Waals surface area contributed by atoms with E-state index < -0.39 is 5.60 Å². The van der Waals surface area contributed by atoms with Crippen molar-refractivity contribution >= 4 is 5.91 Å². The summed E-state index contributed by atoms with van der Waals surface area (Å²) in [6.07, 6.45) is 0.453. The summed E-state index contributed by atoms with van der Waals surface area (Å²) in [7, 11) is 3.10. The minimum atomic E-state index is -0.997. The molecule has 0 bridgehead atoms. The van der Waals surface area contributed by atoms with Crippen LogP contribution < -0.4 is 10.1 Å². The van der Waals surface area contributed by atoms with Crippen molar-refractivity contribution in [1.82, 2.24) is 5.32 Å². The highest BCUT2D eigenvalue weighted by Crippen LogP contribution is 2.19. The van der Waals surface area contributed by atoms with Gasteiger partial charge in [-0.2, -0.15) is 0 Å². The molecule has 0 fully saturated rings. The van der Waals surface area contributed by atoms with Crippen LogP contribution in [-0.4, -0.2) is 44.0 Å². The Balaban J connectivity index is 2.69. The van der Waals surface area contributed by atoms with Gasteiger partial charge in [0.1, 0.15) is 5.75 Å². The largest absolute Gasteiger partial charge is 0.496 e. The molecule has 5 nitrogen and oxygen atoms in total. The predicted octanol–water partition coefficient (Wildman–Crippen LogP) is 1.52. The fourth-order valence-electron chi connectivity index (χ4n) is 1.78. The first-order valence-electron chi connectivity index (χ1n) is 6.54. The normalized spacial score (nSPS) is 13.7. The molecule has 0 aliphatic rings. The summed E-state index contributed by atoms with van der Waals surface area (Å²) in [4.78, 5) is 12.2. The summed E-state index contributed by atoms with van der Waals surface area (Å²) in [6, 6.07) is 5.40. The molecule has 0 aromatic heterocycles. The molecule has 0 aliphatic heterocycles. The Labute approximate surface area is 119 Å². The lowest BCUT2D eigenvalue weighted by atomic mass is 10.0. The monoisotopic (exact) mass is 281 g/mol. The Hall–Kier alpha value is -1.59. The van der Waals surface area contributed by atoms with Gasteiger partial charge in [0.25, 0.3) is 5.91 Å². The summed E-state index contributed by atoms with van der Waals surface area (Å²) in [6.45, 7) is 4.17. The zero-order chi connectivity index (χ0) is 15.2. The first-order chi connectivity index (χ1) is 9.39. The highest BCUT2D eigenvalue weighted by molar-refractivity contribution is 5.97. The van der Waals surface area contributed by atoms with Crippen LogP contribution in [0.1, 0.15) is 29.3 Å². The van der Waals surface area contributed by atoms with Gasteiger partial charge in [-0.05, 0) is 26.0 Å². The van der Waals surface area contributed by atoms with Crippen LogP contribution >= 0.6 is 0 Å². The number of nitrogens with one attached hydrogen (secondary N) is 1. The molecule has 0 saturated carbocycles. The fourth-order valence-corrected chi connectivity index (χ4v) is 1.78. The zero-order valence-electron chi connectivity index (χ0n) is 12.5. The molecule has 1 aromatic carbocycles. The van der Waals surface area contributed by atoms with Crippen LogP contribution in [0.25, 0.3) is 0 Å². The third-order valence-corrected chi connectivity index (χ3v) is 3.07. The molecule has 5 heteroatoms. The van der Waals surface area contributed by atoms with Crippen LogP contribution in [0.5, 0.6) is 5.75 Å². The zero-order valence-corrected chi connectivity index (χ0v) is 12.5. The Kier molecular flexibility index (Phi) is 5.98. The van der Waals surface area contributed by atoms with Crippen LogP contribution in [0.4, 0.5) is 0 Å². The molecule has 1 amide bonds. The van der Waals surface area contributed by atoms with E-state index in [0.29, 0.717) is 24.3 Å². The molecule has 2 N–H and O–H groups in total. The van der Waals surface area contributed by atoms with Crippen LogP contribution in [0.3, 0.4) is 0 Å². The molecule has 1 atom stereocenters. The third-order valence-electron chi connectivity index (χ3n) is 3.07. The van der Waals surface area contributed by atoms with E-state index in [0.717, 1.165) is 5.56 Å². The van der Waals surface area contributed by atoms with E-state index in [1.807, 2.05) is 13.0 Å². The Morgan fingerprint density at radius 3 is 2.70 bits per heavy atom. The molecule has 0 aliphatic carbocycles. The van der Waals surface area contributed by atoms with Gasteiger partial charge in [-0.25, -0.2) is 0 Å². The minimum absolute atomic E-state index is 0.159. The number of benzene rings is 1. The van der Waals surface area contributed by atoms with E-state index in [1.165, 1.54) is 7.11 Å². The summed E-state index contributed by atoms with van der Waals surface area (Å²) < 4.78 is 10.1. The molecule has 0 radical (unpaired) electrons. The van der Waals surface area contributed by atoms with Gasteiger partial charge < -0.3 is 19.9 Å². The van der Waals surface area contributed by atoms with Gasteiger partial charge in [-0.1, -0.05) is 11.6 Å². The molecular weight excluding hydrogens is 258 g/mol. The molecule has 1 rings (SSSR count). The van der Waals surface area contributed by atoms with Crippen molar-refractivity contribution in [2.24, 2.45) is 0 Å². The van der Waals surface area contributed by atoms with E-state index in [1.54, 1.807) is 26.2 Å². The lowest BCUT2D eigenvalue weighted by Crippen LogP contribution is -2.41. The van der Waals surface area contributed by atoms with Gasteiger partial charge in [0.15, 0.2) is 0 Å². The SMILES string of the molecule is COCCC(C)(O)CNC(=O)c1cc(C)ccc1OC. The molecule has 20 heavy (non-hydrogen) atoms. The molecule has 0 spiro atoms. The van der Waals surface area contributed by atoms with E-state index >= 15 is 0 Å². The first kappa shape index (κ1) is 16.5. The molecular formula is C15H23NO4. The molecule has 1 aromatic rings. The summed E-state index contributed by atoms with van der Waals surface area (Å²) in [5.74, 6) is 0.257. The maximum atomic E-state index is 12.2. The van der Waals surface area contributed by atoms with Crippen molar-refractivity contribution < 1.29 is 19.4 Å². The number of methoxy groups -OCH3 is 2. The van der Waals surface area contributed by atoms with Gasteiger partial charge in [-0.3, -0.25) is 4.79 Å². The van der Waals surface area contributed by atoms with Gasteiger partial charge in [0.2, 0.25) is 0 Å². The number of ether oxygens (including phenoxy) is 2. The Morgan fingerprint density at radius 1 is 1.40 bits per heavy atom. The van der Waals surface area contributed by atoms with Crippen molar-refractivity contribution in [2.45, 2.75) is 25.9 Å². The van der Waals surface area contributed by atoms with Gasteiger partial charge in [0, 0.05) is 26.7 Å². The highest BCUT2D eigenvalue weighted by Gasteiger charge is 2.22. The summed E-state index contributed by atoms with van der Waals surface area (Å²) in [5, 5.41) is 12.8. The van der Waals surface area contributed by atoms with Crippen molar-refractivity contribution in [2.75, 3.05) is 27.4 Å².